The Balaban J connectivity index is 1.78. The molecular formula is C25H21F3O2. The molecule has 2 nitrogen and oxygen atoms in total. The summed E-state index contributed by atoms with van der Waals surface area (Å²) >= 11 is 0. The Bertz CT molecular complexity index is 1070. The zero-order chi connectivity index (χ0) is 21.7. The highest BCUT2D eigenvalue weighted by atomic mass is 19.2. The van der Waals surface area contributed by atoms with E-state index in [4.69, 9.17) is 4.74 Å². The molecule has 1 unspecified atom stereocenters. The Morgan fingerprint density at radius 3 is 2.33 bits per heavy atom. The van der Waals surface area contributed by atoms with Gasteiger partial charge in [-0.05, 0) is 30.2 Å². The number of rotatable bonds is 7. The fourth-order valence-corrected chi connectivity index (χ4v) is 2.97. The fourth-order valence-electron chi connectivity index (χ4n) is 2.97. The van der Waals surface area contributed by atoms with Gasteiger partial charge >= 0.3 is 0 Å². The first kappa shape index (κ1) is 21.4. The average molecular weight is 410 g/mol. The topological polar surface area (TPSA) is 29.5 Å². The lowest BCUT2D eigenvalue weighted by atomic mass is 10.0. The van der Waals surface area contributed by atoms with Crippen molar-refractivity contribution in [2.75, 3.05) is 6.61 Å². The molecule has 0 aromatic heterocycles. The van der Waals surface area contributed by atoms with Gasteiger partial charge in [-0.3, -0.25) is 0 Å². The van der Waals surface area contributed by atoms with Gasteiger partial charge in [0.1, 0.15) is 18.2 Å². The number of benzene rings is 3. The van der Waals surface area contributed by atoms with E-state index in [0.29, 0.717) is 23.5 Å². The molecule has 5 heteroatoms. The minimum Gasteiger partial charge on any atom is -0.489 e. The molecule has 0 saturated heterocycles. The minimum absolute atomic E-state index is 0.0714. The van der Waals surface area contributed by atoms with E-state index in [1.807, 2.05) is 0 Å². The van der Waals surface area contributed by atoms with Crippen LogP contribution in [0.2, 0.25) is 0 Å². The molecule has 0 radical (unpaired) electrons. The van der Waals surface area contributed by atoms with Gasteiger partial charge in [0.25, 0.3) is 0 Å². The quantitative estimate of drug-likeness (QED) is 0.353. The summed E-state index contributed by atoms with van der Waals surface area (Å²) in [5.74, 6) is -2.05. The summed E-state index contributed by atoms with van der Waals surface area (Å²) in [7, 11) is 0. The van der Waals surface area contributed by atoms with Crippen molar-refractivity contribution in [1.82, 2.24) is 0 Å². The molecule has 1 atom stereocenters. The van der Waals surface area contributed by atoms with Gasteiger partial charge in [-0.15, -0.1) is 0 Å². The molecule has 0 aliphatic rings. The molecule has 3 aromatic rings. The van der Waals surface area contributed by atoms with E-state index in [1.165, 1.54) is 31.2 Å². The largest absolute Gasteiger partial charge is 0.489 e. The predicted octanol–water partition coefficient (Wildman–Crippen LogP) is 6.56. The Kier molecular flexibility index (Phi) is 6.75. The minimum atomic E-state index is -1.09. The van der Waals surface area contributed by atoms with Crippen molar-refractivity contribution in [3.63, 3.8) is 0 Å². The first-order chi connectivity index (χ1) is 14.4. The summed E-state index contributed by atoms with van der Waals surface area (Å²) in [4.78, 5) is 0. The molecule has 0 fully saturated rings. The first-order valence-corrected chi connectivity index (χ1v) is 9.38. The summed E-state index contributed by atoms with van der Waals surface area (Å²) in [5.41, 5.74) is 1.83. The number of aliphatic hydroxyl groups is 1. The maximum absolute atomic E-state index is 14.4. The predicted molar refractivity (Wildman–Crippen MR) is 113 cm³/mol. The van der Waals surface area contributed by atoms with E-state index >= 15 is 0 Å². The van der Waals surface area contributed by atoms with Crippen molar-refractivity contribution < 1.29 is 23.0 Å². The van der Waals surface area contributed by atoms with E-state index in [2.05, 4.69) is 6.58 Å². The summed E-state index contributed by atoms with van der Waals surface area (Å²) in [6.07, 6.45) is 3.57. The van der Waals surface area contributed by atoms with E-state index in [1.54, 1.807) is 48.6 Å². The third-order valence-electron chi connectivity index (χ3n) is 4.58. The molecular weight excluding hydrogens is 389 g/mol. The van der Waals surface area contributed by atoms with Crippen molar-refractivity contribution >= 4 is 12.2 Å². The van der Waals surface area contributed by atoms with Gasteiger partial charge in [0.2, 0.25) is 0 Å². The van der Waals surface area contributed by atoms with Crippen molar-refractivity contribution in [2.45, 2.75) is 13.0 Å². The van der Waals surface area contributed by atoms with Gasteiger partial charge in [0.05, 0.1) is 6.10 Å². The van der Waals surface area contributed by atoms with Crippen LogP contribution in [0, 0.1) is 17.5 Å². The van der Waals surface area contributed by atoms with Crippen LogP contribution in [0.15, 0.2) is 67.3 Å². The van der Waals surface area contributed by atoms with Crippen LogP contribution in [0.5, 0.6) is 5.75 Å². The van der Waals surface area contributed by atoms with Crippen molar-refractivity contribution in [3.05, 3.63) is 101 Å². The zero-order valence-electron chi connectivity index (χ0n) is 16.4. The molecule has 30 heavy (non-hydrogen) atoms. The van der Waals surface area contributed by atoms with E-state index in [0.717, 1.165) is 5.56 Å². The molecule has 154 valence electrons. The standard InChI is InChI=1S/C25H21F3O2/c1-3-14-30-20-11-13-22(23(26)15-20)18-7-4-17(5-8-18)6-9-19-10-12-21(16(2)29)25(28)24(19)27/h3-13,15-16,29H,1,14H2,2H3/b9-6+. The zero-order valence-corrected chi connectivity index (χ0v) is 16.4. The normalized spacial score (nSPS) is 12.2. The Morgan fingerprint density at radius 1 is 0.967 bits per heavy atom. The second-order valence-corrected chi connectivity index (χ2v) is 6.74. The third kappa shape index (κ3) is 4.81. The molecule has 0 spiro atoms. The molecule has 0 aliphatic carbocycles. The van der Waals surface area contributed by atoms with Gasteiger partial charge in [-0.2, -0.15) is 0 Å². The molecule has 1 N–H and O–H groups in total. The number of hydrogen-bond acceptors (Lipinski definition) is 2. The van der Waals surface area contributed by atoms with Crippen molar-refractivity contribution in [2.24, 2.45) is 0 Å². The highest BCUT2D eigenvalue weighted by Gasteiger charge is 2.15. The average Bonchev–Trinajstić information content (AvgIpc) is 2.73. The van der Waals surface area contributed by atoms with Gasteiger partial charge < -0.3 is 9.84 Å². The lowest BCUT2D eigenvalue weighted by molar-refractivity contribution is 0.192. The van der Waals surface area contributed by atoms with Crippen LogP contribution in [0.25, 0.3) is 23.3 Å². The van der Waals surface area contributed by atoms with E-state index in [9.17, 15) is 18.3 Å². The number of ether oxygens (including phenoxy) is 1. The number of hydrogen-bond donors (Lipinski definition) is 1. The first-order valence-electron chi connectivity index (χ1n) is 9.38. The monoisotopic (exact) mass is 410 g/mol. The second-order valence-electron chi connectivity index (χ2n) is 6.74. The summed E-state index contributed by atoms with van der Waals surface area (Å²) in [5, 5.41) is 9.46. The van der Waals surface area contributed by atoms with Crippen LogP contribution in [-0.4, -0.2) is 11.7 Å². The highest BCUT2D eigenvalue weighted by Crippen LogP contribution is 2.27. The molecule has 0 amide bonds. The van der Waals surface area contributed by atoms with Crippen LogP contribution in [-0.2, 0) is 0 Å². The number of halogens is 3. The molecule has 3 aromatic carbocycles. The molecule has 0 heterocycles. The molecule has 0 bridgehead atoms. The summed E-state index contributed by atoms with van der Waals surface area (Å²) in [6, 6.07) is 14.4. The third-order valence-corrected chi connectivity index (χ3v) is 4.58. The lowest BCUT2D eigenvalue weighted by Gasteiger charge is -2.08. The summed E-state index contributed by atoms with van der Waals surface area (Å²) in [6.45, 7) is 5.22. The molecule has 0 saturated carbocycles. The fraction of sp³-hybridized carbons (Fsp3) is 0.120. The highest BCUT2D eigenvalue weighted by molar-refractivity contribution is 5.72. The van der Waals surface area contributed by atoms with Crippen molar-refractivity contribution in [1.29, 1.82) is 0 Å². The SMILES string of the molecule is C=CCOc1ccc(-c2ccc(/C=C/c3ccc(C(C)O)c(F)c3F)cc2)c(F)c1. The van der Waals surface area contributed by atoms with Crippen LogP contribution in [0.4, 0.5) is 13.2 Å². The maximum atomic E-state index is 14.4. The van der Waals surface area contributed by atoms with E-state index < -0.39 is 23.6 Å². The van der Waals surface area contributed by atoms with Crippen LogP contribution in [0.3, 0.4) is 0 Å². The smallest absolute Gasteiger partial charge is 0.166 e. The Labute approximate surface area is 173 Å². The van der Waals surface area contributed by atoms with Crippen molar-refractivity contribution in [3.8, 4) is 16.9 Å². The van der Waals surface area contributed by atoms with Gasteiger partial charge in [0.15, 0.2) is 11.6 Å². The second kappa shape index (κ2) is 9.46. The van der Waals surface area contributed by atoms with Crippen LogP contribution in [0.1, 0.15) is 29.7 Å². The molecule has 0 aliphatic heterocycles. The number of aliphatic hydroxyl groups excluding tert-OH is 1. The van der Waals surface area contributed by atoms with Crippen LogP contribution < -0.4 is 4.74 Å². The Morgan fingerprint density at radius 2 is 1.70 bits per heavy atom. The van der Waals surface area contributed by atoms with Gasteiger partial charge in [-0.1, -0.05) is 61.2 Å². The van der Waals surface area contributed by atoms with Gasteiger partial charge in [0, 0.05) is 22.8 Å². The van der Waals surface area contributed by atoms with Gasteiger partial charge in [-0.25, -0.2) is 13.2 Å². The van der Waals surface area contributed by atoms with Crippen LogP contribution >= 0.6 is 0 Å². The summed E-state index contributed by atoms with van der Waals surface area (Å²) < 4.78 is 47.9. The van der Waals surface area contributed by atoms with E-state index in [-0.39, 0.29) is 11.1 Å². The molecule has 3 rings (SSSR count). The maximum Gasteiger partial charge on any atom is 0.166 e. The lowest BCUT2D eigenvalue weighted by Crippen LogP contribution is -2.00. The Hall–Kier alpha value is -3.31.